The summed E-state index contributed by atoms with van der Waals surface area (Å²) < 4.78 is 81.1. The first-order valence-electron chi connectivity index (χ1n) is 8.85. The van der Waals surface area contributed by atoms with Gasteiger partial charge in [-0.2, -0.15) is 18.3 Å². The standard InChI is InChI=1S/C20H15F4N3O2S/c1-12-19(30(28,29)15-5-3-2-4-6-15)18(13-7-9-14(21)10-8-13)27-17(25-12)11-16(26-27)20(22,23)24/h2-11,18-19H,1H3. The fourth-order valence-corrected chi connectivity index (χ4v) is 5.48. The van der Waals surface area contributed by atoms with Crippen molar-refractivity contribution in [2.75, 3.05) is 0 Å². The lowest BCUT2D eigenvalue weighted by Crippen LogP contribution is -2.41. The molecule has 0 spiro atoms. The van der Waals surface area contributed by atoms with Gasteiger partial charge in [-0.05, 0) is 36.8 Å². The lowest BCUT2D eigenvalue weighted by atomic mass is 9.99. The van der Waals surface area contributed by atoms with E-state index in [4.69, 9.17) is 0 Å². The number of benzene rings is 2. The molecule has 10 heteroatoms. The van der Waals surface area contributed by atoms with E-state index in [-0.39, 0.29) is 16.4 Å². The van der Waals surface area contributed by atoms with Crippen LogP contribution in [0.25, 0.3) is 0 Å². The molecule has 1 aliphatic heterocycles. The third kappa shape index (κ3) is 3.41. The largest absolute Gasteiger partial charge is 0.435 e. The Morgan fingerprint density at radius 2 is 1.63 bits per heavy atom. The van der Waals surface area contributed by atoms with E-state index in [1.54, 1.807) is 18.2 Å². The predicted octanol–water partition coefficient (Wildman–Crippen LogP) is 4.58. The Bertz CT molecular complexity index is 1220. The highest BCUT2D eigenvalue weighted by molar-refractivity contribution is 7.92. The Labute approximate surface area is 169 Å². The average molecular weight is 437 g/mol. The van der Waals surface area contributed by atoms with Gasteiger partial charge < -0.3 is 0 Å². The van der Waals surface area contributed by atoms with Crippen molar-refractivity contribution in [1.29, 1.82) is 0 Å². The lowest BCUT2D eigenvalue weighted by Gasteiger charge is -2.31. The number of sulfone groups is 1. The van der Waals surface area contributed by atoms with Crippen LogP contribution in [0.4, 0.5) is 23.4 Å². The summed E-state index contributed by atoms with van der Waals surface area (Å²) >= 11 is 0. The number of hydrogen-bond acceptors (Lipinski definition) is 4. The van der Waals surface area contributed by atoms with Gasteiger partial charge in [-0.1, -0.05) is 30.3 Å². The lowest BCUT2D eigenvalue weighted by molar-refractivity contribution is -0.141. The minimum atomic E-state index is -4.73. The van der Waals surface area contributed by atoms with Gasteiger partial charge in [-0.15, -0.1) is 0 Å². The van der Waals surface area contributed by atoms with Crippen LogP contribution in [0.5, 0.6) is 0 Å². The van der Waals surface area contributed by atoms with Crippen LogP contribution < -0.4 is 0 Å². The van der Waals surface area contributed by atoms with Gasteiger partial charge in [0.25, 0.3) is 0 Å². The van der Waals surface area contributed by atoms with Crippen molar-refractivity contribution >= 4 is 21.4 Å². The van der Waals surface area contributed by atoms with E-state index >= 15 is 0 Å². The van der Waals surface area contributed by atoms with E-state index in [0.29, 0.717) is 5.56 Å². The summed E-state index contributed by atoms with van der Waals surface area (Å²) in [4.78, 5) is 4.11. The van der Waals surface area contributed by atoms with Gasteiger partial charge in [-0.25, -0.2) is 22.5 Å². The number of aliphatic imine (C=N–C) groups is 1. The van der Waals surface area contributed by atoms with Gasteiger partial charge in [-0.3, -0.25) is 0 Å². The molecule has 0 radical (unpaired) electrons. The van der Waals surface area contributed by atoms with Crippen LogP contribution in [-0.2, 0) is 16.0 Å². The second-order valence-corrected chi connectivity index (χ2v) is 8.93. The number of fused-ring (bicyclic) bond motifs is 1. The van der Waals surface area contributed by atoms with E-state index in [2.05, 4.69) is 10.1 Å². The summed E-state index contributed by atoms with van der Waals surface area (Å²) in [7, 11) is -4.05. The van der Waals surface area contributed by atoms with E-state index in [1.807, 2.05) is 0 Å². The molecule has 4 rings (SSSR count). The second kappa shape index (κ2) is 7.05. The zero-order valence-corrected chi connectivity index (χ0v) is 16.3. The quantitative estimate of drug-likeness (QED) is 0.564. The normalized spacial score (nSPS) is 19.3. The molecule has 2 atom stereocenters. The Hall–Kier alpha value is -3.01. The minimum absolute atomic E-state index is 0.00307. The number of hydrogen-bond donors (Lipinski definition) is 0. The fourth-order valence-electron chi connectivity index (χ4n) is 3.54. The monoisotopic (exact) mass is 437 g/mol. The molecule has 1 aromatic heterocycles. The Morgan fingerprint density at radius 3 is 2.23 bits per heavy atom. The molecule has 0 bridgehead atoms. The Morgan fingerprint density at radius 1 is 1.00 bits per heavy atom. The van der Waals surface area contributed by atoms with Crippen LogP contribution in [0.3, 0.4) is 0 Å². The maximum absolute atomic E-state index is 13.5. The third-order valence-corrected chi connectivity index (χ3v) is 7.07. The van der Waals surface area contributed by atoms with Gasteiger partial charge in [0.2, 0.25) is 0 Å². The van der Waals surface area contributed by atoms with E-state index in [9.17, 15) is 26.0 Å². The second-order valence-electron chi connectivity index (χ2n) is 6.86. The number of rotatable bonds is 3. The third-order valence-electron chi connectivity index (χ3n) is 4.88. The van der Waals surface area contributed by atoms with E-state index in [1.165, 1.54) is 31.2 Å². The molecule has 0 amide bonds. The molecule has 0 saturated heterocycles. The van der Waals surface area contributed by atoms with Gasteiger partial charge >= 0.3 is 6.18 Å². The first kappa shape index (κ1) is 20.3. The van der Waals surface area contributed by atoms with Crippen molar-refractivity contribution in [3.63, 3.8) is 0 Å². The Kier molecular flexibility index (Phi) is 4.76. The molecule has 3 aromatic rings. The summed E-state index contributed by atoms with van der Waals surface area (Å²) in [5.41, 5.74) is -0.763. The van der Waals surface area contributed by atoms with Crippen LogP contribution in [0, 0.1) is 5.82 Å². The predicted molar refractivity (Wildman–Crippen MR) is 102 cm³/mol. The SMILES string of the molecule is CC1=Nc2cc(C(F)(F)F)nn2C(c2ccc(F)cc2)C1S(=O)(=O)c1ccccc1. The molecule has 2 aromatic carbocycles. The minimum Gasteiger partial charge on any atom is -0.238 e. The molecule has 0 aliphatic carbocycles. The average Bonchev–Trinajstić information content (AvgIpc) is 3.12. The molecular formula is C20H15F4N3O2S. The van der Waals surface area contributed by atoms with Crippen LogP contribution in [0.15, 0.2) is 70.6 Å². The topological polar surface area (TPSA) is 64.3 Å². The van der Waals surface area contributed by atoms with E-state index < -0.39 is 38.8 Å². The van der Waals surface area contributed by atoms with E-state index in [0.717, 1.165) is 22.9 Å². The molecule has 0 saturated carbocycles. The summed E-state index contributed by atoms with van der Waals surface area (Å²) in [6.45, 7) is 1.45. The molecule has 30 heavy (non-hydrogen) atoms. The summed E-state index contributed by atoms with van der Waals surface area (Å²) in [6, 6.07) is 12.1. The molecule has 0 fully saturated rings. The first-order chi connectivity index (χ1) is 14.1. The van der Waals surface area contributed by atoms with Crippen molar-refractivity contribution in [3.8, 4) is 0 Å². The smallest absolute Gasteiger partial charge is 0.238 e. The van der Waals surface area contributed by atoms with Gasteiger partial charge in [0, 0.05) is 11.8 Å². The summed E-state index contributed by atoms with van der Waals surface area (Å²) in [5.74, 6) is -0.673. The Balaban J connectivity index is 1.95. The van der Waals surface area contributed by atoms with Crippen LogP contribution in [0.2, 0.25) is 0 Å². The molecule has 5 nitrogen and oxygen atoms in total. The van der Waals surface area contributed by atoms with Gasteiger partial charge in [0.05, 0.1) is 4.90 Å². The maximum atomic E-state index is 13.5. The molecule has 0 N–H and O–H groups in total. The fraction of sp³-hybridized carbons (Fsp3) is 0.200. The van der Waals surface area contributed by atoms with Crippen molar-refractivity contribution in [1.82, 2.24) is 9.78 Å². The number of nitrogens with zero attached hydrogens (tertiary/aromatic N) is 3. The molecule has 2 unspecified atom stereocenters. The highest BCUT2D eigenvalue weighted by atomic mass is 32.2. The van der Waals surface area contributed by atoms with Crippen molar-refractivity contribution in [2.24, 2.45) is 4.99 Å². The zero-order chi connectivity index (χ0) is 21.7. The van der Waals surface area contributed by atoms with Gasteiger partial charge in [0.1, 0.15) is 17.1 Å². The van der Waals surface area contributed by atoms with Crippen molar-refractivity contribution < 1.29 is 26.0 Å². The van der Waals surface area contributed by atoms with Gasteiger partial charge in [0.15, 0.2) is 21.3 Å². The molecule has 156 valence electrons. The maximum Gasteiger partial charge on any atom is 0.435 e. The number of alkyl halides is 3. The molecule has 1 aliphatic rings. The van der Waals surface area contributed by atoms with Crippen molar-refractivity contribution in [3.05, 3.63) is 77.7 Å². The van der Waals surface area contributed by atoms with Crippen molar-refractivity contribution in [2.45, 2.75) is 29.3 Å². The molecular weight excluding hydrogens is 422 g/mol. The summed E-state index contributed by atoms with van der Waals surface area (Å²) in [6.07, 6.45) is -4.73. The highest BCUT2D eigenvalue weighted by Crippen LogP contribution is 2.40. The van der Waals surface area contributed by atoms with Crippen LogP contribution >= 0.6 is 0 Å². The number of aromatic nitrogens is 2. The molecule has 2 heterocycles. The summed E-state index contributed by atoms with van der Waals surface area (Å²) in [5, 5.41) is 2.30. The number of halogens is 4. The first-order valence-corrected chi connectivity index (χ1v) is 10.4. The van der Waals surface area contributed by atoms with Crippen LogP contribution in [-0.4, -0.2) is 29.2 Å². The van der Waals surface area contributed by atoms with Crippen LogP contribution in [0.1, 0.15) is 24.2 Å². The highest BCUT2D eigenvalue weighted by Gasteiger charge is 2.45. The zero-order valence-electron chi connectivity index (χ0n) is 15.5.